The zero-order valence-electron chi connectivity index (χ0n) is 15.5. The quantitative estimate of drug-likeness (QED) is 0.726. The second-order valence-corrected chi connectivity index (χ2v) is 7.55. The fourth-order valence-electron chi connectivity index (χ4n) is 2.82. The molecule has 2 heterocycles. The van der Waals surface area contributed by atoms with Gasteiger partial charge in [-0.3, -0.25) is 9.59 Å². The van der Waals surface area contributed by atoms with Gasteiger partial charge < -0.3 is 19.3 Å². The van der Waals surface area contributed by atoms with Crippen LogP contribution in [0.4, 0.5) is 0 Å². The van der Waals surface area contributed by atoms with Gasteiger partial charge in [0.15, 0.2) is 0 Å². The van der Waals surface area contributed by atoms with Gasteiger partial charge in [0, 0.05) is 31.5 Å². The molecule has 1 N–H and O–H groups in total. The number of likely N-dealkylation sites (tertiary alicyclic amines) is 1. The molecule has 140 valence electrons. The molecule has 0 radical (unpaired) electrons. The molecule has 0 saturated carbocycles. The fourth-order valence-corrected chi connectivity index (χ4v) is 2.82. The molecule has 1 aliphatic heterocycles. The Labute approximate surface area is 148 Å². The van der Waals surface area contributed by atoms with Crippen LogP contribution in [-0.2, 0) is 10.2 Å². The highest BCUT2D eigenvalue weighted by Gasteiger charge is 2.37. The Bertz CT molecular complexity index is 608. The molecule has 1 saturated heterocycles. The van der Waals surface area contributed by atoms with Crippen molar-refractivity contribution in [3.63, 3.8) is 0 Å². The van der Waals surface area contributed by atoms with Gasteiger partial charge in [-0.05, 0) is 19.9 Å². The molecule has 1 atom stereocenters. The normalized spacial score (nSPS) is 18.2. The number of ketones is 1. The van der Waals surface area contributed by atoms with Gasteiger partial charge in [0.05, 0.1) is 6.61 Å². The Hall–Kier alpha value is -1.80. The van der Waals surface area contributed by atoms with Crippen LogP contribution < -0.4 is 0 Å². The summed E-state index contributed by atoms with van der Waals surface area (Å²) in [5.41, 5.74) is -0.325. The number of nitrogens with zero attached hydrogens (tertiary/aromatic N) is 4. The summed E-state index contributed by atoms with van der Waals surface area (Å²) >= 11 is 0. The Morgan fingerprint density at radius 1 is 1.32 bits per heavy atom. The first kappa shape index (κ1) is 19.5. The van der Waals surface area contributed by atoms with Gasteiger partial charge in [-0.1, -0.05) is 20.8 Å². The number of carbonyl (C=O) groups excluding carboxylic acids is 2. The molecule has 25 heavy (non-hydrogen) atoms. The number of rotatable bonds is 7. The molecule has 2 rings (SSSR count). The van der Waals surface area contributed by atoms with E-state index < -0.39 is 6.04 Å². The van der Waals surface area contributed by atoms with Crippen LogP contribution in [0, 0.1) is 0 Å². The Morgan fingerprint density at radius 2 is 2.04 bits per heavy atom. The first-order valence-corrected chi connectivity index (χ1v) is 8.71. The largest absolute Gasteiger partial charge is 0.418 e. The second-order valence-electron chi connectivity index (χ2n) is 7.55. The molecule has 0 aliphatic carbocycles. The summed E-state index contributed by atoms with van der Waals surface area (Å²) in [6.45, 7) is 7.50. The van der Waals surface area contributed by atoms with Gasteiger partial charge in [-0.25, -0.2) is 0 Å². The maximum absolute atomic E-state index is 12.7. The molecule has 1 amide bonds. The summed E-state index contributed by atoms with van der Waals surface area (Å²) in [5, 5.41) is 16.7. The number of aliphatic hydroxyl groups excluding tert-OH is 1. The fraction of sp³-hybridized carbons (Fsp3) is 0.765. The lowest BCUT2D eigenvalue weighted by Crippen LogP contribution is -2.42. The lowest BCUT2D eigenvalue weighted by molar-refractivity contribution is -0.131. The molecule has 1 fully saturated rings. The Kier molecular flexibility index (Phi) is 6.29. The zero-order valence-corrected chi connectivity index (χ0v) is 15.5. The van der Waals surface area contributed by atoms with E-state index in [4.69, 9.17) is 9.52 Å². The number of likely N-dealkylation sites (N-methyl/N-ethyl adjacent to an activating group) is 1. The first-order valence-electron chi connectivity index (χ1n) is 8.71. The van der Waals surface area contributed by atoms with Crippen LogP contribution in [0.25, 0.3) is 0 Å². The summed E-state index contributed by atoms with van der Waals surface area (Å²) < 4.78 is 5.53. The van der Waals surface area contributed by atoms with Crippen molar-refractivity contribution >= 4 is 11.7 Å². The van der Waals surface area contributed by atoms with Crippen LogP contribution in [0.3, 0.4) is 0 Å². The van der Waals surface area contributed by atoms with Crippen molar-refractivity contribution in [2.45, 2.75) is 51.5 Å². The summed E-state index contributed by atoms with van der Waals surface area (Å²) in [6, 6.07) is -0.524. The van der Waals surface area contributed by atoms with Gasteiger partial charge >= 0.3 is 0 Å². The average Bonchev–Trinajstić information content (AvgIpc) is 3.20. The molecule has 1 aliphatic rings. The third kappa shape index (κ3) is 4.85. The SMILES string of the molecule is CN(CCO)CCC(=O)N1CCCC1C(=O)c1nnc(C(C)(C)C)o1. The van der Waals surface area contributed by atoms with E-state index in [-0.39, 0.29) is 29.6 Å². The van der Waals surface area contributed by atoms with E-state index in [1.54, 1.807) is 4.90 Å². The van der Waals surface area contributed by atoms with Crippen LogP contribution in [0.1, 0.15) is 56.6 Å². The molecule has 0 aromatic carbocycles. The predicted molar refractivity (Wildman–Crippen MR) is 91.3 cm³/mol. The van der Waals surface area contributed by atoms with E-state index in [0.29, 0.717) is 38.4 Å². The van der Waals surface area contributed by atoms with Gasteiger partial charge in [0.25, 0.3) is 5.89 Å². The molecule has 8 nitrogen and oxygen atoms in total. The lowest BCUT2D eigenvalue weighted by Gasteiger charge is -2.24. The summed E-state index contributed by atoms with van der Waals surface area (Å²) in [6.07, 6.45) is 1.72. The zero-order chi connectivity index (χ0) is 18.6. The van der Waals surface area contributed by atoms with E-state index in [0.717, 1.165) is 6.42 Å². The number of Topliss-reactive ketones (excluding diaryl/α,β-unsaturated/α-hetero) is 1. The van der Waals surface area contributed by atoms with Crippen LogP contribution in [0.15, 0.2) is 4.42 Å². The molecule has 1 aromatic rings. The highest BCUT2D eigenvalue weighted by atomic mass is 16.4. The van der Waals surface area contributed by atoms with Crippen molar-refractivity contribution in [3.8, 4) is 0 Å². The number of carbonyl (C=O) groups is 2. The van der Waals surface area contributed by atoms with Crippen LogP contribution in [-0.4, -0.2) is 76.1 Å². The number of hydrogen-bond donors (Lipinski definition) is 1. The van der Waals surface area contributed by atoms with Crippen molar-refractivity contribution in [3.05, 3.63) is 11.8 Å². The highest BCUT2D eigenvalue weighted by molar-refractivity contribution is 5.98. The lowest BCUT2D eigenvalue weighted by atomic mass is 9.97. The first-order chi connectivity index (χ1) is 11.7. The van der Waals surface area contributed by atoms with E-state index in [2.05, 4.69) is 10.2 Å². The molecule has 8 heteroatoms. The minimum absolute atomic E-state index is 0.0213. The summed E-state index contributed by atoms with van der Waals surface area (Å²) in [5.74, 6) is 0.0538. The van der Waals surface area contributed by atoms with E-state index in [1.165, 1.54) is 0 Å². The van der Waals surface area contributed by atoms with E-state index in [9.17, 15) is 9.59 Å². The van der Waals surface area contributed by atoms with Gasteiger partial charge in [-0.2, -0.15) is 0 Å². The topological polar surface area (TPSA) is 99.8 Å². The van der Waals surface area contributed by atoms with Gasteiger partial charge in [0.2, 0.25) is 17.6 Å². The minimum atomic E-state index is -0.524. The number of aromatic nitrogens is 2. The molecular weight excluding hydrogens is 324 g/mol. The van der Waals surface area contributed by atoms with E-state index in [1.807, 2.05) is 32.7 Å². The smallest absolute Gasteiger partial charge is 0.286 e. The van der Waals surface area contributed by atoms with Crippen molar-refractivity contribution in [2.75, 3.05) is 33.3 Å². The van der Waals surface area contributed by atoms with Gasteiger partial charge in [0.1, 0.15) is 6.04 Å². The third-order valence-corrected chi connectivity index (χ3v) is 4.34. The highest BCUT2D eigenvalue weighted by Crippen LogP contribution is 2.24. The van der Waals surface area contributed by atoms with Crippen molar-refractivity contribution < 1.29 is 19.1 Å². The maximum atomic E-state index is 12.7. The van der Waals surface area contributed by atoms with E-state index >= 15 is 0 Å². The third-order valence-electron chi connectivity index (χ3n) is 4.34. The number of amides is 1. The molecule has 0 bridgehead atoms. The minimum Gasteiger partial charge on any atom is -0.418 e. The number of hydrogen-bond acceptors (Lipinski definition) is 7. The Morgan fingerprint density at radius 3 is 2.64 bits per heavy atom. The standard InChI is InChI=1S/C17H28N4O4/c1-17(2,3)16-19-18-15(25-16)14(24)12-6-5-8-21(12)13(23)7-9-20(4)10-11-22/h12,22H,5-11H2,1-4H3. The van der Waals surface area contributed by atoms with Gasteiger partial charge in [-0.15, -0.1) is 10.2 Å². The van der Waals surface area contributed by atoms with Crippen LogP contribution in [0.5, 0.6) is 0 Å². The van der Waals surface area contributed by atoms with Crippen molar-refractivity contribution in [2.24, 2.45) is 0 Å². The second kappa shape index (κ2) is 8.05. The summed E-state index contributed by atoms with van der Waals surface area (Å²) in [4.78, 5) is 28.7. The number of aliphatic hydroxyl groups is 1. The van der Waals surface area contributed by atoms with Crippen molar-refractivity contribution in [1.82, 2.24) is 20.0 Å². The summed E-state index contributed by atoms with van der Waals surface area (Å²) in [7, 11) is 1.85. The molecular formula is C17H28N4O4. The molecule has 0 spiro atoms. The molecule has 1 aromatic heterocycles. The predicted octanol–water partition coefficient (Wildman–Crippen LogP) is 0.855. The molecule has 1 unspecified atom stereocenters. The average molecular weight is 352 g/mol. The van der Waals surface area contributed by atoms with Crippen LogP contribution in [0.2, 0.25) is 0 Å². The monoisotopic (exact) mass is 352 g/mol. The van der Waals surface area contributed by atoms with Crippen molar-refractivity contribution in [1.29, 1.82) is 0 Å². The van der Waals surface area contributed by atoms with Crippen LogP contribution >= 0.6 is 0 Å². The maximum Gasteiger partial charge on any atom is 0.286 e. The Balaban J connectivity index is 2.01.